The maximum Gasteiger partial charge on any atom is 0.121 e. The molecule has 20 heavy (non-hydrogen) atoms. The summed E-state index contributed by atoms with van der Waals surface area (Å²) in [5, 5.41) is 12.2. The van der Waals surface area contributed by atoms with Gasteiger partial charge < -0.3 is 10.1 Å². The summed E-state index contributed by atoms with van der Waals surface area (Å²) in [4.78, 5) is 0. The number of benzene rings is 2. The van der Waals surface area contributed by atoms with E-state index in [0.717, 1.165) is 21.5 Å². The maximum absolute atomic E-state index is 8.81. The Kier molecular flexibility index (Phi) is 4.65. The second kappa shape index (κ2) is 6.44. The molecular formula is C16H15BrN2O. The lowest BCUT2D eigenvalue weighted by molar-refractivity contribution is 0.415. The Hall–Kier alpha value is -1.99. The van der Waals surface area contributed by atoms with Crippen molar-refractivity contribution in [2.75, 3.05) is 12.4 Å². The SMILES string of the molecule is COc1ccc(Br)c(NC(C)c2ccc(C#N)cc2)c1. The van der Waals surface area contributed by atoms with Gasteiger partial charge in [0.25, 0.3) is 0 Å². The van der Waals surface area contributed by atoms with Crippen molar-refractivity contribution in [2.24, 2.45) is 0 Å². The quantitative estimate of drug-likeness (QED) is 0.897. The molecule has 2 aromatic rings. The van der Waals surface area contributed by atoms with Gasteiger partial charge in [0.2, 0.25) is 0 Å². The fraction of sp³-hybridized carbons (Fsp3) is 0.188. The van der Waals surface area contributed by atoms with Crippen LogP contribution in [0.1, 0.15) is 24.1 Å². The summed E-state index contributed by atoms with van der Waals surface area (Å²) in [7, 11) is 1.65. The first-order chi connectivity index (χ1) is 9.63. The van der Waals surface area contributed by atoms with Gasteiger partial charge >= 0.3 is 0 Å². The van der Waals surface area contributed by atoms with Gasteiger partial charge in [-0.15, -0.1) is 0 Å². The first-order valence-electron chi connectivity index (χ1n) is 6.24. The van der Waals surface area contributed by atoms with E-state index in [4.69, 9.17) is 10.00 Å². The van der Waals surface area contributed by atoms with Crippen LogP contribution in [0.3, 0.4) is 0 Å². The molecule has 2 rings (SSSR count). The number of anilines is 1. The Morgan fingerprint density at radius 2 is 1.90 bits per heavy atom. The molecule has 0 bridgehead atoms. The fourth-order valence-corrected chi connectivity index (χ4v) is 2.27. The van der Waals surface area contributed by atoms with E-state index in [-0.39, 0.29) is 6.04 Å². The number of hydrogen-bond acceptors (Lipinski definition) is 3. The zero-order chi connectivity index (χ0) is 14.5. The number of methoxy groups -OCH3 is 1. The zero-order valence-corrected chi connectivity index (χ0v) is 12.9. The molecule has 0 aromatic heterocycles. The minimum atomic E-state index is 0.131. The van der Waals surface area contributed by atoms with Crippen LogP contribution >= 0.6 is 15.9 Å². The monoisotopic (exact) mass is 330 g/mol. The van der Waals surface area contributed by atoms with Crippen LogP contribution in [0, 0.1) is 11.3 Å². The van der Waals surface area contributed by atoms with Gasteiger partial charge in [0.1, 0.15) is 5.75 Å². The van der Waals surface area contributed by atoms with E-state index < -0.39 is 0 Å². The van der Waals surface area contributed by atoms with Crippen LogP contribution < -0.4 is 10.1 Å². The van der Waals surface area contributed by atoms with Crippen LogP contribution in [0.2, 0.25) is 0 Å². The molecule has 1 N–H and O–H groups in total. The third kappa shape index (κ3) is 3.31. The number of rotatable bonds is 4. The molecule has 0 fully saturated rings. The highest BCUT2D eigenvalue weighted by molar-refractivity contribution is 9.10. The molecule has 0 aliphatic rings. The van der Waals surface area contributed by atoms with Crippen molar-refractivity contribution in [2.45, 2.75) is 13.0 Å². The van der Waals surface area contributed by atoms with Gasteiger partial charge in [0.15, 0.2) is 0 Å². The Morgan fingerprint density at radius 1 is 1.20 bits per heavy atom. The van der Waals surface area contributed by atoms with E-state index in [1.54, 1.807) is 7.11 Å². The minimum absolute atomic E-state index is 0.131. The molecule has 0 radical (unpaired) electrons. The van der Waals surface area contributed by atoms with Gasteiger partial charge in [-0.1, -0.05) is 12.1 Å². The van der Waals surface area contributed by atoms with Crippen LogP contribution in [0.25, 0.3) is 0 Å². The molecule has 1 unspecified atom stereocenters. The van der Waals surface area contributed by atoms with Crippen molar-refractivity contribution in [3.63, 3.8) is 0 Å². The average Bonchev–Trinajstić information content (AvgIpc) is 2.49. The average molecular weight is 331 g/mol. The lowest BCUT2D eigenvalue weighted by Gasteiger charge is -2.17. The molecule has 3 nitrogen and oxygen atoms in total. The molecule has 4 heteroatoms. The standard InChI is InChI=1S/C16H15BrN2O/c1-11(13-5-3-12(10-18)4-6-13)19-16-9-14(20-2)7-8-15(16)17/h3-9,11,19H,1-2H3. The lowest BCUT2D eigenvalue weighted by Crippen LogP contribution is -2.07. The smallest absolute Gasteiger partial charge is 0.121 e. The first-order valence-corrected chi connectivity index (χ1v) is 7.03. The number of nitrogens with zero attached hydrogens (tertiary/aromatic N) is 1. The van der Waals surface area contributed by atoms with Crippen molar-refractivity contribution < 1.29 is 4.74 Å². The first kappa shape index (κ1) is 14.4. The third-order valence-corrected chi connectivity index (χ3v) is 3.78. The van der Waals surface area contributed by atoms with Gasteiger partial charge in [-0.3, -0.25) is 0 Å². The number of nitrogens with one attached hydrogen (secondary N) is 1. The largest absolute Gasteiger partial charge is 0.497 e. The Balaban J connectivity index is 2.18. The molecule has 0 spiro atoms. The molecular weight excluding hydrogens is 316 g/mol. The minimum Gasteiger partial charge on any atom is -0.497 e. The summed E-state index contributed by atoms with van der Waals surface area (Å²) in [5.74, 6) is 0.808. The summed E-state index contributed by atoms with van der Waals surface area (Å²) in [6.45, 7) is 2.08. The molecule has 1 atom stereocenters. The van der Waals surface area contributed by atoms with E-state index in [1.807, 2.05) is 42.5 Å². The number of hydrogen-bond donors (Lipinski definition) is 1. The summed E-state index contributed by atoms with van der Waals surface area (Å²) < 4.78 is 6.22. The second-order valence-electron chi connectivity index (χ2n) is 4.45. The summed E-state index contributed by atoms with van der Waals surface area (Å²) in [6, 6.07) is 15.6. The van der Waals surface area contributed by atoms with Crippen LogP contribution in [-0.4, -0.2) is 7.11 Å². The number of ether oxygens (including phenoxy) is 1. The predicted octanol–water partition coefficient (Wildman–Crippen LogP) is 4.50. The van der Waals surface area contributed by atoms with Crippen LogP contribution in [0.4, 0.5) is 5.69 Å². The van der Waals surface area contributed by atoms with E-state index in [9.17, 15) is 0 Å². The van der Waals surface area contributed by atoms with Crippen molar-refractivity contribution in [3.05, 3.63) is 58.1 Å². The highest BCUT2D eigenvalue weighted by atomic mass is 79.9. The number of nitriles is 1. The van der Waals surface area contributed by atoms with E-state index in [1.165, 1.54) is 0 Å². The Morgan fingerprint density at radius 3 is 2.50 bits per heavy atom. The highest BCUT2D eigenvalue weighted by Crippen LogP contribution is 2.30. The van der Waals surface area contributed by atoms with Crippen molar-refractivity contribution in [3.8, 4) is 11.8 Å². The van der Waals surface area contributed by atoms with Crippen molar-refractivity contribution >= 4 is 21.6 Å². The normalized spacial score (nSPS) is 11.5. The van der Waals surface area contributed by atoms with Gasteiger partial charge in [0, 0.05) is 16.6 Å². The van der Waals surface area contributed by atoms with Gasteiger partial charge in [-0.05, 0) is 52.7 Å². The van der Waals surface area contributed by atoms with E-state index in [2.05, 4.69) is 34.2 Å². The summed E-state index contributed by atoms with van der Waals surface area (Å²) >= 11 is 3.52. The molecule has 0 heterocycles. The van der Waals surface area contributed by atoms with Gasteiger partial charge in [0.05, 0.1) is 24.4 Å². The third-order valence-electron chi connectivity index (χ3n) is 3.09. The fourth-order valence-electron chi connectivity index (χ4n) is 1.90. The molecule has 102 valence electrons. The Labute approximate surface area is 127 Å². The van der Waals surface area contributed by atoms with Gasteiger partial charge in [-0.2, -0.15) is 5.26 Å². The molecule has 0 aliphatic carbocycles. The molecule has 0 amide bonds. The molecule has 2 aromatic carbocycles. The van der Waals surface area contributed by atoms with Crippen LogP contribution in [-0.2, 0) is 0 Å². The molecule has 0 saturated carbocycles. The number of halogens is 1. The summed E-state index contributed by atoms with van der Waals surface area (Å²) in [5.41, 5.74) is 2.77. The van der Waals surface area contributed by atoms with Gasteiger partial charge in [-0.25, -0.2) is 0 Å². The summed E-state index contributed by atoms with van der Waals surface area (Å²) in [6.07, 6.45) is 0. The topological polar surface area (TPSA) is 45.0 Å². The lowest BCUT2D eigenvalue weighted by atomic mass is 10.1. The van der Waals surface area contributed by atoms with Crippen LogP contribution in [0.15, 0.2) is 46.9 Å². The van der Waals surface area contributed by atoms with Crippen molar-refractivity contribution in [1.82, 2.24) is 0 Å². The van der Waals surface area contributed by atoms with Crippen molar-refractivity contribution in [1.29, 1.82) is 5.26 Å². The molecule has 0 saturated heterocycles. The molecule has 0 aliphatic heterocycles. The maximum atomic E-state index is 8.81. The van der Waals surface area contributed by atoms with Crippen LogP contribution in [0.5, 0.6) is 5.75 Å². The highest BCUT2D eigenvalue weighted by Gasteiger charge is 2.08. The zero-order valence-electron chi connectivity index (χ0n) is 11.4. The van der Waals surface area contributed by atoms with E-state index >= 15 is 0 Å². The predicted molar refractivity (Wildman–Crippen MR) is 83.9 cm³/mol. The second-order valence-corrected chi connectivity index (χ2v) is 5.30. The van der Waals surface area contributed by atoms with E-state index in [0.29, 0.717) is 5.56 Å². The Bertz CT molecular complexity index is 632.